The average molecular weight is 351 g/mol. The van der Waals surface area contributed by atoms with Gasteiger partial charge in [0.05, 0.1) is 0 Å². The minimum Gasteiger partial charge on any atom is -0.271 e. The molecule has 4 rings (SSSR count). The van der Waals surface area contributed by atoms with Crippen LogP contribution in [-0.4, -0.2) is 38.9 Å². The lowest BCUT2D eigenvalue weighted by atomic mass is 9.77. The summed E-state index contributed by atoms with van der Waals surface area (Å²) >= 11 is 0. The molecule has 0 aromatic heterocycles. The van der Waals surface area contributed by atoms with Crippen LogP contribution >= 0.6 is 0 Å². The quantitative estimate of drug-likeness (QED) is 0.734. The van der Waals surface area contributed by atoms with Crippen molar-refractivity contribution in [2.24, 2.45) is 0 Å². The normalized spacial score (nSPS) is 22.9. The van der Waals surface area contributed by atoms with Crippen molar-refractivity contribution in [2.45, 2.75) is 57.7 Å². The van der Waals surface area contributed by atoms with E-state index in [9.17, 15) is 14.8 Å². The van der Waals surface area contributed by atoms with Crippen molar-refractivity contribution in [1.82, 2.24) is 9.96 Å². The summed E-state index contributed by atoms with van der Waals surface area (Å²) in [5, 5.41) is 15.4. The van der Waals surface area contributed by atoms with Crippen molar-refractivity contribution in [3.05, 3.63) is 47.5 Å². The molecular formula is C21H23N2O3. The first-order valence-electron chi connectivity index (χ1n) is 9.01. The standard InChI is InChI=1S/C21H23N2O3/c1-20(2)11-14(12-21(3,4)23(20)26)22-18(24)15-9-5-7-13-8-6-10-16(17(13)15)19(22)25/h5-10,14H,11-12H2,1-4H3. The molecule has 0 bridgehead atoms. The van der Waals surface area contributed by atoms with Crippen molar-refractivity contribution in [1.29, 1.82) is 0 Å². The van der Waals surface area contributed by atoms with E-state index < -0.39 is 11.1 Å². The van der Waals surface area contributed by atoms with Crippen LogP contribution in [0.15, 0.2) is 36.4 Å². The Morgan fingerprint density at radius 3 is 1.77 bits per heavy atom. The third kappa shape index (κ3) is 2.31. The molecule has 0 atom stereocenters. The summed E-state index contributed by atoms with van der Waals surface area (Å²) in [6.45, 7) is 7.51. The molecule has 135 valence electrons. The van der Waals surface area contributed by atoms with Crippen molar-refractivity contribution in [3.8, 4) is 0 Å². The predicted molar refractivity (Wildman–Crippen MR) is 98.2 cm³/mol. The zero-order valence-corrected chi connectivity index (χ0v) is 15.6. The van der Waals surface area contributed by atoms with E-state index in [0.717, 1.165) is 15.8 Å². The predicted octanol–water partition coefficient (Wildman–Crippen LogP) is 3.80. The Morgan fingerprint density at radius 2 is 1.31 bits per heavy atom. The van der Waals surface area contributed by atoms with Crippen LogP contribution in [0.2, 0.25) is 0 Å². The number of imide groups is 1. The summed E-state index contributed by atoms with van der Waals surface area (Å²) in [7, 11) is 0. The summed E-state index contributed by atoms with van der Waals surface area (Å²) < 4.78 is 0. The maximum Gasteiger partial charge on any atom is 0.261 e. The second-order valence-electron chi connectivity index (χ2n) is 8.67. The number of piperidine rings is 1. The first-order chi connectivity index (χ1) is 12.1. The van der Waals surface area contributed by atoms with Gasteiger partial charge < -0.3 is 0 Å². The van der Waals surface area contributed by atoms with Crippen LogP contribution in [0.3, 0.4) is 0 Å². The van der Waals surface area contributed by atoms with Gasteiger partial charge in [-0.3, -0.25) is 14.5 Å². The highest BCUT2D eigenvalue weighted by Gasteiger charge is 2.50. The summed E-state index contributed by atoms with van der Waals surface area (Å²) in [6, 6.07) is 10.8. The monoisotopic (exact) mass is 351 g/mol. The molecule has 1 fully saturated rings. The summed E-state index contributed by atoms with van der Waals surface area (Å²) in [6.07, 6.45) is 0.936. The van der Waals surface area contributed by atoms with Gasteiger partial charge in [0.25, 0.3) is 11.8 Å². The van der Waals surface area contributed by atoms with Crippen molar-refractivity contribution < 1.29 is 14.8 Å². The number of hydrogen-bond acceptors (Lipinski definition) is 3. The van der Waals surface area contributed by atoms with Gasteiger partial charge in [0.2, 0.25) is 0 Å². The highest BCUT2D eigenvalue weighted by atomic mass is 16.5. The Morgan fingerprint density at radius 1 is 0.846 bits per heavy atom. The molecule has 0 unspecified atom stereocenters. The molecular weight excluding hydrogens is 328 g/mol. The molecule has 5 nitrogen and oxygen atoms in total. The van der Waals surface area contributed by atoms with Gasteiger partial charge in [-0.2, -0.15) is 0 Å². The Hall–Kier alpha value is -2.24. The Balaban J connectivity index is 1.82. The number of carbonyl (C=O) groups is 2. The molecule has 0 saturated carbocycles. The van der Waals surface area contributed by atoms with E-state index in [1.807, 2.05) is 52.0 Å². The smallest absolute Gasteiger partial charge is 0.261 e. The number of nitrogens with zero attached hydrogens (tertiary/aromatic N) is 2. The largest absolute Gasteiger partial charge is 0.271 e. The average Bonchev–Trinajstić information content (AvgIpc) is 2.57. The first-order valence-corrected chi connectivity index (χ1v) is 9.01. The maximum absolute atomic E-state index is 13.2. The fourth-order valence-corrected chi connectivity index (χ4v) is 4.77. The Kier molecular flexibility index (Phi) is 3.56. The molecule has 2 aliphatic heterocycles. The van der Waals surface area contributed by atoms with Crippen LogP contribution in [0.25, 0.3) is 10.8 Å². The van der Waals surface area contributed by atoms with Crippen LogP contribution in [0.1, 0.15) is 61.3 Å². The zero-order valence-electron chi connectivity index (χ0n) is 15.6. The molecule has 1 saturated heterocycles. The van der Waals surface area contributed by atoms with Crippen molar-refractivity contribution in [3.63, 3.8) is 0 Å². The van der Waals surface area contributed by atoms with Crippen LogP contribution in [-0.2, 0) is 5.21 Å². The number of hydroxylamine groups is 2. The van der Waals surface area contributed by atoms with Gasteiger partial charge in [-0.15, -0.1) is 10.3 Å². The molecule has 0 spiro atoms. The van der Waals surface area contributed by atoms with Gasteiger partial charge in [0.15, 0.2) is 0 Å². The van der Waals surface area contributed by atoms with E-state index in [4.69, 9.17) is 0 Å². The molecule has 26 heavy (non-hydrogen) atoms. The SMILES string of the molecule is CC1(C)CC(N2C(=O)c3cccc4cccc(c34)C2=O)CC(C)(C)N1[O]. The minimum absolute atomic E-state index is 0.254. The topological polar surface area (TPSA) is 60.5 Å². The molecule has 2 aliphatic rings. The molecule has 2 aromatic rings. The fraction of sp³-hybridized carbons (Fsp3) is 0.429. The number of benzene rings is 2. The van der Waals surface area contributed by atoms with Gasteiger partial charge in [-0.25, -0.2) is 0 Å². The highest BCUT2D eigenvalue weighted by molar-refractivity contribution is 6.25. The molecule has 2 heterocycles. The number of carbonyl (C=O) groups excluding carboxylic acids is 2. The highest BCUT2D eigenvalue weighted by Crippen LogP contribution is 2.41. The molecule has 1 radical (unpaired) electrons. The lowest BCUT2D eigenvalue weighted by Gasteiger charge is -2.52. The summed E-state index contributed by atoms with van der Waals surface area (Å²) in [5.74, 6) is -0.509. The zero-order chi connectivity index (χ0) is 18.9. The molecule has 2 amide bonds. The third-order valence-electron chi connectivity index (χ3n) is 5.74. The second-order valence-corrected chi connectivity index (χ2v) is 8.67. The van der Waals surface area contributed by atoms with Crippen molar-refractivity contribution in [2.75, 3.05) is 0 Å². The summed E-state index contributed by atoms with van der Waals surface area (Å²) in [4.78, 5) is 27.9. The lowest BCUT2D eigenvalue weighted by Crippen LogP contribution is -2.64. The van der Waals surface area contributed by atoms with E-state index >= 15 is 0 Å². The molecule has 0 aliphatic carbocycles. The van der Waals surface area contributed by atoms with E-state index in [0.29, 0.717) is 24.0 Å². The first kappa shape index (κ1) is 17.2. The molecule has 2 aromatic carbocycles. The maximum atomic E-state index is 13.2. The van der Waals surface area contributed by atoms with Gasteiger partial charge in [-0.05, 0) is 58.1 Å². The van der Waals surface area contributed by atoms with Crippen LogP contribution in [0.5, 0.6) is 0 Å². The van der Waals surface area contributed by atoms with Gasteiger partial charge in [0, 0.05) is 33.6 Å². The van der Waals surface area contributed by atoms with E-state index in [-0.39, 0.29) is 17.9 Å². The van der Waals surface area contributed by atoms with Crippen LogP contribution in [0, 0.1) is 0 Å². The van der Waals surface area contributed by atoms with Gasteiger partial charge in [0.1, 0.15) is 0 Å². The minimum atomic E-state index is -0.643. The molecule has 5 heteroatoms. The van der Waals surface area contributed by atoms with Gasteiger partial charge >= 0.3 is 0 Å². The number of hydrogen-bond donors (Lipinski definition) is 0. The van der Waals surface area contributed by atoms with E-state index in [1.165, 1.54) is 4.90 Å². The Labute approximate surface area is 153 Å². The second kappa shape index (κ2) is 5.38. The van der Waals surface area contributed by atoms with Crippen molar-refractivity contribution >= 4 is 22.6 Å². The van der Waals surface area contributed by atoms with Crippen LogP contribution in [0.4, 0.5) is 0 Å². The lowest BCUT2D eigenvalue weighted by molar-refractivity contribution is -0.292. The fourth-order valence-electron chi connectivity index (χ4n) is 4.77. The van der Waals surface area contributed by atoms with E-state index in [1.54, 1.807) is 12.1 Å². The van der Waals surface area contributed by atoms with Crippen LogP contribution < -0.4 is 0 Å². The molecule has 0 N–H and O–H groups in total. The number of rotatable bonds is 1. The summed E-state index contributed by atoms with van der Waals surface area (Å²) in [5.41, 5.74) is -0.151. The van der Waals surface area contributed by atoms with Gasteiger partial charge in [-0.1, -0.05) is 24.3 Å². The number of amides is 2. The van der Waals surface area contributed by atoms with E-state index in [2.05, 4.69) is 0 Å². The third-order valence-corrected chi connectivity index (χ3v) is 5.74. The Bertz CT molecular complexity index is 863.